The molecule has 1 aromatic carbocycles. The molecule has 0 amide bonds. The maximum atomic E-state index is 12.1. The number of fused-ring (bicyclic) bond motifs is 3. The highest BCUT2D eigenvalue weighted by atomic mass is 16.6. The first kappa shape index (κ1) is 15.0. The summed E-state index contributed by atoms with van der Waals surface area (Å²) in [5.41, 5.74) is 3.36. The topological polar surface area (TPSA) is 57.3 Å². The van der Waals surface area contributed by atoms with Gasteiger partial charge in [0.1, 0.15) is 23.9 Å². The Labute approximate surface area is 135 Å². The van der Waals surface area contributed by atoms with Gasteiger partial charge < -0.3 is 18.9 Å². The van der Waals surface area contributed by atoms with E-state index in [9.17, 15) is 4.79 Å². The zero-order valence-corrected chi connectivity index (χ0v) is 13.7. The van der Waals surface area contributed by atoms with Crippen LogP contribution >= 0.6 is 0 Å². The first-order chi connectivity index (χ1) is 11.1. The van der Waals surface area contributed by atoms with E-state index in [1.54, 1.807) is 0 Å². The lowest BCUT2D eigenvalue weighted by molar-refractivity contribution is -0.145. The summed E-state index contributed by atoms with van der Waals surface area (Å²) >= 11 is 0. The number of ether oxygens (including phenoxy) is 4. The van der Waals surface area contributed by atoms with Crippen molar-refractivity contribution >= 4 is 5.97 Å². The monoisotopic (exact) mass is 318 g/mol. The molecular weight excluding hydrogens is 296 g/mol. The summed E-state index contributed by atoms with van der Waals surface area (Å²) in [7, 11) is 0. The van der Waals surface area contributed by atoms with Crippen LogP contribution in [0.1, 0.15) is 42.6 Å². The van der Waals surface area contributed by atoms with E-state index in [4.69, 9.17) is 18.9 Å². The molecule has 0 N–H and O–H groups in total. The molecule has 0 unspecified atom stereocenters. The van der Waals surface area contributed by atoms with E-state index < -0.39 is 0 Å². The van der Waals surface area contributed by atoms with E-state index in [0.29, 0.717) is 13.2 Å². The van der Waals surface area contributed by atoms with Crippen LogP contribution in [-0.4, -0.2) is 38.0 Å². The largest absolute Gasteiger partial charge is 0.488 e. The van der Waals surface area contributed by atoms with Crippen molar-refractivity contribution in [2.24, 2.45) is 5.92 Å². The second-order valence-corrected chi connectivity index (χ2v) is 6.53. The fourth-order valence-electron chi connectivity index (χ4n) is 3.51. The fraction of sp³-hybridized carbons (Fsp3) is 0.611. The number of hydrogen-bond donors (Lipinski definition) is 0. The number of aryl methyl sites for hydroxylation is 1. The van der Waals surface area contributed by atoms with Crippen molar-refractivity contribution in [1.29, 1.82) is 0 Å². The minimum Gasteiger partial charge on any atom is -0.488 e. The summed E-state index contributed by atoms with van der Waals surface area (Å²) in [5.74, 6) is 0.723. The lowest BCUT2D eigenvalue weighted by atomic mass is 9.95. The first-order valence-electron chi connectivity index (χ1n) is 8.31. The van der Waals surface area contributed by atoms with Crippen LogP contribution in [0.2, 0.25) is 0 Å². The molecule has 23 heavy (non-hydrogen) atoms. The zero-order valence-electron chi connectivity index (χ0n) is 13.7. The van der Waals surface area contributed by atoms with E-state index in [-0.39, 0.29) is 36.1 Å². The number of epoxide rings is 1. The summed E-state index contributed by atoms with van der Waals surface area (Å²) in [6.07, 6.45) is 0.135. The van der Waals surface area contributed by atoms with Crippen LogP contribution in [0.25, 0.3) is 0 Å². The molecule has 1 aromatic rings. The highest BCUT2D eigenvalue weighted by Gasteiger charge is 2.64. The predicted molar refractivity (Wildman–Crippen MR) is 82.6 cm³/mol. The van der Waals surface area contributed by atoms with Crippen LogP contribution in [0.5, 0.6) is 5.75 Å². The molecule has 5 atom stereocenters. The molecule has 1 saturated carbocycles. The molecule has 1 saturated heterocycles. The maximum absolute atomic E-state index is 12.1. The van der Waals surface area contributed by atoms with Gasteiger partial charge in [0.2, 0.25) is 0 Å². The zero-order chi connectivity index (χ0) is 16.1. The van der Waals surface area contributed by atoms with Gasteiger partial charge in [0, 0.05) is 11.5 Å². The second kappa shape index (κ2) is 5.49. The van der Waals surface area contributed by atoms with Crippen molar-refractivity contribution in [1.82, 2.24) is 0 Å². The number of carbonyl (C=O) groups excluding carboxylic acids is 1. The SMILES string of the molecule is CCOC(=O)[C@H]1[C@@H]2Oc3c(C)ccc([C@@H](C)OC[C@H]4CO4)c3[C@@H]21. The Morgan fingerprint density at radius 2 is 2.22 bits per heavy atom. The van der Waals surface area contributed by atoms with E-state index >= 15 is 0 Å². The highest BCUT2D eigenvalue weighted by Crippen LogP contribution is 2.61. The van der Waals surface area contributed by atoms with E-state index in [1.807, 2.05) is 20.8 Å². The van der Waals surface area contributed by atoms with Gasteiger partial charge in [0.05, 0.1) is 25.9 Å². The molecule has 2 fully saturated rings. The Bertz CT molecular complexity index is 637. The van der Waals surface area contributed by atoms with Gasteiger partial charge in [-0.2, -0.15) is 0 Å². The molecule has 1 aliphatic carbocycles. The number of hydrogen-bond acceptors (Lipinski definition) is 5. The van der Waals surface area contributed by atoms with Crippen LogP contribution in [0.3, 0.4) is 0 Å². The summed E-state index contributed by atoms with van der Waals surface area (Å²) in [6, 6.07) is 4.16. The summed E-state index contributed by atoms with van der Waals surface area (Å²) in [4.78, 5) is 12.1. The van der Waals surface area contributed by atoms with Crippen molar-refractivity contribution in [2.45, 2.75) is 45.0 Å². The normalized spacial score (nSPS) is 30.9. The van der Waals surface area contributed by atoms with Gasteiger partial charge in [0.15, 0.2) is 0 Å². The Balaban J connectivity index is 1.58. The molecule has 5 heteroatoms. The van der Waals surface area contributed by atoms with Gasteiger partial charge in [-0.3, -0.25) is 4.79 Å². The van der Waals surface area contributed by atoms with Gasteiger partial charge in [-0.15, -0.1) is 0 Å². The minimum atomic E-state index is -0.165. The lowest BCUT2D eigenvalue weighted by Crippen LogP contribution is -2.14. The first-order valence-corrected chi connectivity index (χ1v) is 8.31. The Kier molecular flexibility index (Phi) is 3.58. The molecule has 0 aromatic heterocycles. The third-order valence-electron chi connectivity index (χ3n) is 4.90. The van der Waals surface area contributed by atoms with Gasteiger partial charge in [0.25, 0.3) is 0 Å². The Morgan fingerprint density at radius 1 is 1.43 bits per heavy atom. The third kappa shape index (κ3) is 2.52. The Morgan fingerprint density at radius 3 is 2.91 bits per heavy atom. The van der Waals surface area contributed by atoms with E-state index in [0.717, 1.165) is 29.0 Å². The van der Waals surface area contributed by atoms with Gasteiger partial charge in [-0.05, 0) is 31.9 Å². The molecule has 0 bridgehead atoms. The Hall–Kier alpha value is -1.59. The quantitative estimate of drug-likeness (QED) is 0.596. The van der Waals surface area contributed by atoms with Crippen molar-refractivity contribution in [3.8, 4) is 5.75 Å². The average Bonchev–Trinajstić information content (AvgIpc) is 3.44. The van der Waals surface area contributed by atoms with Crippen molar-refractivity contribution in [3.63, 3.8) is 0 Å². The van der Waals surface area contributed by atoms with Crippen LogP contribution in [0.15, 0.2) is 12.1 Å². The number of benzene rings is 1. The molecule has 2 heterocycles. The van der Waals surface area contributed by atoms with E-state index in [2.05, 4.69) is 12.1 Å². The second-order valence-electron chi connectivity index (χ2n) is 6.53. The summed E-state index contributed by atoms with van der Waals surface area (Å²) in [6.45, 7) is 7.72. The molecule has 0 spiro atoms. The van der Waals surface area contributed by atoms with Gasteiger partial charge in [-0.25, -0.2) is 0 Å². The molecule has 3 aliphatic rings. The number of carbonyl (C=O) groups is 1. The summed E-state index contributed by atoms with van der Waals surface area (Å²) in [5, 5.41) is 0. The number of rotatable bonds is 6. The minimum absolute atomic E-state index is 0.0423. The average molecular weight is 318 g/mol. The highest BCUT2D eigenvalue weighted by molar-refractivity contribution is 5.81. The van der Waals surface area contributed by atoms with Gasteiger partial charge in [-0.1, -0.05) is 12.1 Å². The molecule has 124 valence electrons. The summed E-state index contributed by atoms with van der Waals surface area (Å²) < 4.78 is 22.3. The van der Waals surface area contributed by atoms with Crippen LogP contribution in [0, 0.1) is 12.8 Å². The third-order valence-corrected chi connectivity index (χ3v) is 4.90. The lowest BCUT2D eigenvalue weighted by Gasteiger charge is -2.19. The predicted octanol–water partition coefficient (Wildman–Crippen LogP) is 2.51. The molecule has 5 nitrogen and oxygen atoms in total. The maximum Gasteiger partial charge on any atom is 0.313 e. The van der Waals surface area contributed by atoms with Crippen LogP contribution in [0.4, 0.5) is 0 Å². The van der Waals surface area contributed by atoms with Crippen molar-refractivity contribution in [3.05, 3.63) is 28.8 Å². The van der Waals surface area contributed by atoms with Crippen LogP contribution < -0.4 is 4.74 Å². The molecular formula is C18H22O5. The molecule has 0 radical (unpaired) electrons. The standard InChI is InChI=1S/C18H22O5/c1-4-20-18(19)15-14-13-12(10(3)21-7-11-8-22-11)6-5-9(2)16(13)23-17(14)15/h5-6,10-11,14-15,17H,4,7-8H2,1-3H3/t10-,11+,14-,15-,17-/m1/s1. The number of esters is 1. The molecule has 4 rings (SSSR count). The van der Waals surface area contributed by atoms with Crippen LogP contribution in [-0.2, 0) is 19.0 Å². The van der Waals surface area contributed by atoms with E-state index in [1.165, 1.54) is 0 Å². The van der Waals surface area contributed by atoms with Crippen molar-refractivity contribution in [2.75, 3.05) is 19.8 Å². The van der Waals surface area contributed by atoms with Crippen molar-refractivity contribution < 1.29 is 23.7 Å². The van der Waals surface area contributed by atoms with Gasteiger partial charge >= 0.3 is 5.97 Å². The fourth-order valence-corrected chi connectivity index (χ4v) is 3.51. The smallest absolute Gasteiger partial charge is 0.313 e. The molecule has 2 aliphatic heterocycles.